The second-order valence-electron chi connectivity index (χ2n) is 4.80. The molecule has 17 heavy (non-hydrogen) atoms. The van der Waals surface area contributed by atoms with Crippen LogP contribution in [0.3, 0.4) is 0 Å². The van der Waals surface area contributed by atoms with E-state index in [1.807, 2.05) is 0 Å². The number of hydrogen-bond acceptors (Lipinski definition) is 3. The van der Waals surface area contributed by atoms with Crippen LogP contribution >= 0.6 is 0 Å². The molecule has 0 aromatic heterocycles. The molecule has 0 saturated heterocycles. The summed E-state index contributed by atoms with van der Waals surface area (Å²) in [6, 6.07) is 4.89. The first-order valence-corrected chi connectivity index (χ1v) is 5.92. The predicted molar refractivity (Wildman–Crippen MR) is 63.6 cm³/mol. The largest absolute Gasteiger partial charge is 0.399 e. The number of carbonyl (C=O) groups excluding carboxylic acids is 2. The minimum Gasteiger partial charge on any atom is -0.399 e. The maximum Gasteiger partial charge on any atom is 0.261 e. The first kappa shape index (κ1) is 10.3. The van der Waals surface area contributed by atoms with Crippen LogP contribution in [0.1, 0.15) is 40.0 Å². The highest BCUT2D eigenvalue weighted by Gasteiger charge is 2.36. The number of fused-ring (bicyclic) bond motifs is 1. The zero-order valence-corrected chi connectivity index (χ0v) is 9.48. The van der Waals surface area contributed by atoms with Gasteiger partial charge in [0.15, 0.2) is 0 Å². The standard InChI is InChI=1S/C13H14N2O2/c14-9-3-4-10-11(7-9)13(17)15(12(10)16)6-5-8-1-2-8/h3-4,7-8H,1-2,5-6,14H2. The first-order chi connectivity index (χ1) is 8.16. The van der Waals surface area contributed by atoms with Gasteiger partial charge in [-0.05, 0) is 30.5 Å². The number of nitrogen functional groups attached to an aromatic ring is 1. The Hall–Kier alpha value is -1.84. The van der Waals surface area contributed by atoms with Crippen LogP contribution < -0.4 is 5.73 Å². The van der Waals surface area contributed by atoms with Gasteiger partial charge in [0, 0.05) is 12.2 Å². The fourth-order valence-electron chi connectivity index (χ4n) is 2.23. The smallest absolute Gasteiger partial charge is 0.261 e. The number of nitrogens with zero attached hydrogens (tertiary/aromatic N) is 1. The van der Waals surface area contributed by atoms with Crippen molar-refractivity contribution in [3.05, 3.63) is 29.3 Å². The van der Waals surface area contributed by atoms with Gasteiger partial charge in [-0.2, -0.15) is 0 Å². The van der Waals surface area contributed by atoms with E-state index in [0.717, 1.165) is 6.42 Å². The highest BCUT2D eigenvalue weighted by atomic mass is 16.2. The minimum atomic E-state index is -0.196. The molecular formula is C13H14N2O2. The van der Waals surface area contributed by atoms with Crippen LogP contribution in [0.5, 0.6) is 0 Å². The van der Waals surface area contributed by atoms with Crippen LogP contribution in [0, 0.1) is 5.92 Å². The fraction of sp³-hybridized carbons (Fsp3) is 0.385. The minimum absolute atomic E-state index is 0.175. The average molecular weight is 230 g/mol. The second-order valence-corrected chi connectivity index (χ2v) is 4.80. The van der Waals surface area contributed by atoms with Crippen LogP contribution in [0.4, 0.5) is 5.69 Å². The van der Waals surface area contributed by atoms with E-state index < -0.39 is 0 Å². The number of carbonyl (C=O) groups is 2. The van der Waals surface area contributed by atoms with Gasteiger partial charge in [-0.1, -0.05) is 12.8 Å². The van der Waals surface area contributed by atoms with Gasteiger partial charge in [-0.15, -0.1) is 0 Å². The van der Waals surface area contributed by atoms with E-state index in [4.69, 9.17) is 5.73 Å². The highest BCUT2D eigenvalue weighted by Crippen LogP contribution is 2.33. The summed E-state index contributed by atoms with van der Waals surface area (Å²) in [5, 5.41) is 0. The van der Waals surface area contributed by atoms with Crippen LogP contribution in [-0.2, 0) is 0 Å². The van der Waals surface area contributed by atoms with Crippen molar-refractivity contribution < 1.29 is 9.59 Å². The third-order valence-electron chi connectivity index (χ3n) is 3.45. The third-order valence-corrected chi connectivity index (χ3v) is 3.45. The molecule has 4 heteroatoms. The maximum atomic E-state index is 12.0. The number of imide groups is 1. The molecule has 1 saturated carbocycles. The normalized spacial score (nSPS) is 18.7. The Balaban J connectivity index is 1.85. The summed E-state index contributed by atoms with van der Waals surface area (Å²) in [6.07, 6.45) is 3.40. The molecule has 3 rings (SSSR count). The van der Waals surface area contributed by atoms with Crippen LogP contribution in [0.2, 0.25) is 0 Å². The van der Waals surface area contributed by atoms with E-state index >= 15 is 0 Å². The lowest BCUT2D eigenvalue weighted by atomic mass is 10.1. The number of hydrogen-bond donors (Lipinski definition) is 1. The zero-order valence-electron chi connectivity index (χ0n) is 9.48. The summed E-state index contributed by atoms with van der Waals surface area (Å²) in [7, 11) is 0. The van der Waals surface area contributed by atoms with E-state index in [0.29, 0.717) is 29.3 Å². The van der Waals surface area contributed by atoms with Crippen molar-refractivity contribution in [1.82, 2.24) is 4.90 Å². The van der Waals surface area contributed by atoms with Gasteiger partial charge in [0.2, 0.25) is 0 Å². The van der Waals surface area contributed by atoms with Crippen molar-refractivity contribution >= 4 is 17.5 Å². The molecule has 0 unspecified atom stereocenters. The lowest BCUT2D eigenvalue weighted by Crippen LogP contribution is -2.30. The van der Waals surface area contributed by atoms with E-state index in [-0.39, 0.29) is 11.8 Å². The molecule has 1 fully saturated rings. The molecule has 0 bridgehead atoms. The van der Waals surface area contributed by atoms with Crippen molar-refractivity contribution in [3.63, 3.8) is 0 Å². The number of amides is 2. The molecule has 88 valence electrons. The fourth-order valence-corrected chi connectivity index (χ4v) is 2.23. The SMILES string of the molecule is Nc1ccc2c(c1)C(=O)N(CCC1CC1)C2=O. The van der Waals surface area contributed by atoms with Gasteiger partial charge in [0.1, 0.15) is 0 Å². The van der Waals surface area contributed by atoms with Crippen molar-refractivity contribution in [2.45, 2.75) is 19.3 Å². The number of rotatable bonds is 3. The van der Waals surface area contributed by atoms with Gasteiger partial charge in [-0.3, -0.25) is 14.5 Å². The third kappa shape index (κ3) is 1.69. The van der Waals surface area contributed by atoms with Crippen LogP contribution in [0.25, 0.3) is 0 Å². The van der Waals surface area contributed by atoms with Gasteiger partial charge >= 0.3 is 0 Å². The molecular weight excluding hydrogens is 216 g/mol. The van der Waals surface area contributed by atoms with E-state index in [1.165, 1.54) is 17.7 Å². The maximum absolute atomic E-state index is 12.0. The summed E-state index contributed by atoms with van der Waals surface area (Å²) in [6.45, 7) is 0.539. The Bertz CT molecular complexity index is 506. The molecule has 1 heterocycles. The molecule has 1 aliphatic carbocycles. The highest BCUT2D eigenvalue weighted by molar-refractivity contribution is 6.21. The zero-order chi connectivity index (χ0) is 12.0. The van der Waals surface area contributed by atoms with Crippen molar-refractivity contribution in [1.29, 1.82) is 0 Å². The Labute approximate surface area is 99.4 Å². The topological polar surface area (TPSA) is 63.4 Å². The Morgan fingerprint density at radius 3 is 2.59 bits per heavy atom. The number of nitrogens with two attached hydrogens (primary N) is 1. The van der Waals surface area contributed by atoms with Crippen molar-refractivity contribution in [2.75, 3.05) is 12.3 Å². The van der Waals surface area contributed by atoms with Crippen molar-refractivity contribution in [3.8, 4) is 0 Å². The lowest BCUT2D eigenvalue weighted by Gasteiger charge is -2.12. The van der Waals surface area contributed by atoms with Gasteiger partial charge in [0.25, 0.3) is 11.8 Å². The Morgan fingerprint density at radius 1 is 1.18 bits per heavy atom. The molecule has 0 radical (unpaired) electrons. The van der Waals surface area contributed by atoms with Gasteiger partial charge in [0.05, 0.1) is 11.1 Å². The first-order valence-electron chi connectivity index (χ1n) is 5.92. The monoisotopic (exact) mass is 230 g/mol. The molecule has 1 aromatic carbocycles. The summed E-state index contributed by atoms with van der Waals surface area (Å²) < 4.78 is 0. The molecule has 4 nitrogen and oxygen atoms in total. The lowest BCUT2D eigenvalue weighted by molar-refractivity contribution is 0.0650. The summed E-state index contributed by atoms with van der Waals surface area (Å²) in [5.41, 5.74) is 7.09. The van der Waals surface area contributed by atoms with Crippen molar-refractivity contribution in [2.24, 2.45) is 5.92 Å². The van der Waals surface area contributed by atoms with Crippen LogP contribution in [-0.4, -0.2) is 23.3 Å². The summed E-state index contributed by atoms with van der Waals surface area (Å²) >= 11 is 0. The molecule has 0 atom stereocenters. The Morgan fingerprint density at radius 2 is 1.88 bits per heavy atom. The molecule has 2 aliphatic rings. The second kappa shape index (κ2) is 3.58. The molecule has 2 amide bonds. The Kier molecular flexibility index (Phi) is 2.18. The average Bonchev–Trinajstić information content (AvgIpc) is 3.09. The quantitative estimate of drug-likeness (QED) is 0.634. The van der Waals surface area contributed by atoms with Gasteiger partial charge in [-0.25, -0.2) is 0 Å². The summed E-state index contributed by atoms with van der Waals surface area (Å²) in [5.74, 6) is 0.341. The summed E-state index contributed by atoms with van der Waals surface area (Å²) in [4.78, 5) is 25.4. The van der Waals surface area contributed by atoms with E-state index in [1.54, 1.807) is 18.2 Å². The molecule has 1 aliphatic heterocycles. The van der Waals surface area contributed by atoms with Crippen LogP contribution in [0.15, 0.2) is 18.2 Å². The molecule has 2 N–H and O–H groups in total. The molecule has 0 spiro atoms. The number of benzene rings is 1. The van der Waals surface area contributed by atoms with E-state index in [2.05, 4.69) is 0 Å². The predicted octanol–water partition coefficient (Wildman–Crippen LogP) is 1.66. The van der Waals surface area contributed by atoms with Gasteiger partial charge < -0.3 is 5.73 Å². The number of anilines is 1. The molecule has 1 aromatic rings. The van der Waals surface area contributed by atoms with E-state index in [9.17, 15) is 9.59 Å².